The van der Waals surface area contributed by atoms with E-state index in [1.807, 2.05) is 4.72 Å². The minimum absolute atomic E-state index is 0.0795. The van der Waals surface area contributed by atoms with Crippen molar-refractivity contribution in [1.82, 2.24) is 4.72 Å². The zero-order valence-electron chi connectivity index (χ0n) is 16.2. The molecule has 0 spiro atoms. The van der Waals surface area contributed by atoms with Crippen molar-refractivity contribution in [1.29, 1.82) is 0 Å². The molecule has 0 saturated heterocycles. The van der Waals surface area contributed by atoms with Crippen molar-refractivity contribution in [3.05, 3.63) is 29.1 Å². The van der Waals surface area contributed by atoms with E-state index in [0.29, 0.717) is 12.4 Å². The molecule has 0 aromatic heterocycles. The molecule has 3 rings (SSSR count). The first-order valence-corrected chi connectivity index (χ1v) is 11.4. The van der Waals surface area contributed by atoms with Gasteiger partial charge >= 0.3 is 0 Å². The number of amides is 1. The maximum Gasteiger partial charge on any atom is 0.267 e. The van der Waals surface area contributed by atoms with E-state index < -0.39 is 21.7 Å². The normalized spacial score (nSPS) is 25.9. The first kappa shape index (κ1) is 20.1. The summed E-state index contributed by atoms with van der Waals surface area (Å²) in [5.74, 6) is -0.254. The van der Waals surface area contributed by atoms with E-state index in [4.69, 9.17) is 4.74 Å². The predicted octanol–water partition coefficient (Wildman–Crippen LogP) is 3.99. The van der Waals surface area contributed by atoms with Gasteiger partial charge < -0.3 is 4.74 Å². The highest BCUT2D eigenvalue weighted by atomic mass is 32.2. The van der Waals surface area contributed by atoms with Crippen LogP contribution in [0.1, 0.15) is 74.2 Å². The van der Waals surface area contributed by atoms with Gasteiger partial charge in [-0.25, -0.2) is 17.5 Å². The van der Waals surface area contributed by atoms with Crippen LogP contribution in [-0.2, 0) is 10.0 Å². The molecule has 2 saturated carbocycles. The molecule has 150 valence electrons. The zero-order chi connectivity index (χ0) is 19.8. The van der Waals surface area contributed by atoms with Gasteiger partial charge in [-0.2, -0.15) is 0 Å². The lowest BCUT2D eigenvalue weighted by Gasteiger charge is -2.36. The second-order valence-electron chi connectivity index (χ2n) is 8.63. The topological polar surface area (TPSA) is 72.5 Å². The molecule has 27 heavy (non-hydrogen) atoms. The van der Waals surface area contributed by atoms with Crippen molar-refractivity contribution in [2.24, 2.45) is 11.3 Å². The Labute approximate surface area is 160 Å². The Hall–Kier alpha value is -1.63. The molecule has 2 aliphatic carbocycles. The van der Waals surface area contributed by atoms with E-state index in [9.17, 15) is 17.6 Å². The van der Waals surface area contributed by atoms with Crippen molar-refractivity contribution in [3.8, 4) is 5.75 Å². The quantitative estimate of drug-likeness (QED) is 0.788. The minimum Gasteiger partial charge on any atom is -0.493 e. The summed E-state index contributed by atoms with van der Waals surface area (Å²) in [6.45, 7) is 5.00. The molecule has 1 aromatic carbocycles. The standard InChI is InChI=1S/C20H28FNO4S/c1-13-6-8-20(2,9-7-13)12-26-18-11-17(21)16(10-15(18)14-4-5-14)19(23)22-27(3,24)25/h10-11,13-14H,4-9,12H2,1-3H3,(H,22,23). The number of hydrogen-bond donors (Lipinski definition) is 1. The van der Waals surface area contributed by atoms with Crippen LogP contribution in [0, 0.1) is 17.2 Å². The van der Waals surface area contributed by atoms with Crippen LogP contribution in [0.2, 0.25) is 0 Å². The lowest BCUT2D eigenvalue weighted by atomic mass is 9.73. The Kier molecular flexibility index (Phi) is 5.52. The number of hydrogen-bond acceptors (Lipinski definition) is 4. The molecule has 7 heteroatoms. The Balaban J connectivity index is 1.79. The molecule has 1 amide bonds. The summed E-state index contributed by atoms with van der Waals surface area (Å²) in [7, 11) is -3.75. The van der Waals surface area contributed by atoms with Gasteiger partial charge in [-0.15, -0.1) is 0 Å². The van der Waals surface area contributed by atoms with E-state index in [2.05, 4.69) is 13.8 Å². The number of rotatable bonds is 6. The number of carbonyl (C=O) groups excluding carboxylic acids is 1. The summed E-state index contributed by atoms with van der Waals surface area (Å²) < 4.78 is 45.0. The SMILES string of the molecule is CC1CCC(C)(COc2cc(F)c(C(=O)NS(C)(=O)=O)cc2C2CC2)CC1. The molecule has 5 nitrogen and oxygen atoms in total. The van der Waals surface area contributed by atoms with Crippen molar-refractivity contribution >= 4 is 15.9 Å². The highest BCUT2D eigenvalue weighted by molar-refractivity contribution is 7.89. The minimum atomic E-state index is -3.75. The maximum absolute atomic E-state index is 14.5. The fraction of sp³-hybridized carbons (Fsp3) is 0.650. The largest absolute Gasteiger partial charge is 0.493 e. The third-order valence-corrected chi connectivity index (χ3v) is 6.25. The van der Waals surface area contributed by atoms with Gasteiger partial charge in [0.05, 0.1) is 18.4 Å². The number of ether oxygens (including phenoxy) is 1. The Morgan fingerprint density at radius 2 is 1.89 bits per heavy atom. The number of sulfonamides is 1. The molecule has 2 aliphatic rings. The molecule has 0 unspecified atom stereocenters. The monoisotopic (exact) mass is 397 g/mol. The highest BCUT2D eigenvalue weighted by Gasteiger charge is 2.33. The first-order chi connectivity index (χ1) is 12.6. The molecular formula is C20H28FNO4S. The van der Waals surface area contributed by atoms with Gasteiger partial charge in [0.1, 0.15) is 11.6 Å². The Bertz CT molecular complexity index is 825. The van der Waals surface area contributed by atoms with E-state index >= 15 is 0 Å². The highest BCUT2D eigenvalue weighted by Crippen LogP contribution is 2.46. The predicted molar refractivity (Wildman–Crippen MR) is 102 cm³/mol. The lowest BCUT2D eigenvalue weighted by Crippen LogP contribution is -2.31. The molecule has 0 atom stereocenters. The van der Waals surface area contributed by atoms with E-state index in [0.717, 1.165) is 43.4 Å². The van der Waals surface area contributed by atoms with Crippen LogP contribution in [0.3, 0.4) is 0 Å². The average molecular weight is 398 g/mol. The summed E-state index contributed by atoms with van der Waals surface area (Å²) in [6, 6.07) is 2.69. The summed E-state index contributed by atoms with van der Waals surface area (Å²) in [4.78, 5) is 12.1. The second-order valence-corrected chi connectivity index (χ2v) is 10.4. The third kappa shape index (κ3) is 5.21. The fourth-order valence-corrected chi connectivity index (χ4v) is 4.11. The summed E-state index contributed by atoms with van der Waals surface area (Å²) in [5.41, 5.74) is 0.617. The maximum atomic E-state index is 14.5. The van der Waals surface area contributed by atoms with E-state index in [-0.39, 0.29) is 16.9 Å². The number of carbonyl (C=O) groups is 1. The van der Waals surface area contributed by atoms with Gasteiger partial charge in [0.15, 0.2) is 0 Å². The number of benzene rings is 1. The molecule has 2 fully saturated rings. The van der Waals surface area contributed by atoms with Crippen molar-refractivity contribution in [3.63, 3.8) is 0 Å². The van der Waals surface area contributed by atoms with E-state index in [1.165, 1.54) is 25.0 Å². The first-order valence-electron chi connectivity index (χ1n) is 9.55. The molecule has 0 heterocycles. The molecule has 1 N–H and O–H groups in total. The molecule has 0 bridgehead atoms. The lowest BCUT2D eigenvalue weighted by molar-refractivity contribution is 0.0963. The smallest absolute Gasteiger partial charge is 0.267 e. The third-order valence-electron chi connectivity index (χ3n) is 5.70. The van der Waals surface area contributed by atoms with E-state index in [1.54, 1.807) is 0 Å². The zero-order valence-corrected chi connectivity index (χ0v) is 17.0. The number of halogens is 1. The Morgan fingerprint density at radius 3 is 2.44 bits per heavy atom. The summed E-state index contributed by atoms with van der Waals surface area (Å²) >= 11 is 0. The second kappa shape index (κ2) is 7.41. The van der Waals surface area contributed by atoms with Crippen LogP contribution >= 0.6 is 0 Å². The van der Waals surface area contributed by atoms with Crippen LogP contribution in [0.25, 0.3) is 0 Å². The van der Waals surface area contributed by atoms with Crippen LogP contribution in [0.5, 0.6) is 5.75 Å². The van der Waals surface area contributed by atoms with Crippen LogP contribution in [-0.4, -0.2) is 27.2 Å². The van der Waals surface area contributed by atoms with Gasteiger partial charge in [0, 0.05) is 11.5 Å². The molecular weight excluding hydrogens is 369 g/mol. The molecule has 1 aromatic rings. The summed E-state index contributed by atoms with van der Waals surface area (Å²) in [5, 5.41) is 0. The van der Waals surface area contributed by atoms with Gasteiger partial charge in [-0.3, -0.25) is 4.79 Å². The van der Waals surface area contributed by atoms with Gasteiger partial charge in [-0.05, 0) is 49.1 Å². The fourth-order valence-electron chi connectivity index (χ4n) is 3.66. The van der Waals surface area contributed by atoms with Gasteiger partial charge in [-0.1, -0.05) is 26.7 Å². The molecule has 0 radical (unpaired) electrons. The van der Waals surface area contributed by atoms with Crippen LogP contribution < -0.4 is 9.46 Å². The van der Waals surface area contributed by atoms with Gasteiger partial charge in [0.25, 0.3) is 5.91 Å². The van der Waals surface area contributed by atoms with Gasteiger partial charge in [0.2, 0.25) is 10.0 Å². The van der Waals surface area contributed by atoms with Crippen LogP contribution in [0.4, 0.5) is 4.39 Å². The summed E-state index contributed by atoms with van der Waals surface area (Å²) in [6.07, 6.45) is 7.32. The van der Waals surface area contributed by atoms with Crippen molar-refractivity contribution in [2.45, 2.75) is 58.3 Å². The van der Waals surface area contributed by atoms with Crippen LogP contribution in [0.15, 0.2) is 12.1 Å². The van der Waals surface area contributed by atoms with Crippen molar-refractivity contribution < 1.29 is 22.3 Å². The average Bonchev–Trinajstić information content (AvgIpc) is 3.39. The molecule has 0 aliphatic heterocycles. The number of nitrogens with one attached hydrogen (secondary N) is 1. The Morgan fingerprint density at radius 1 is 1.26 bits per heavy atom. The van der Waals surface area contributed by atoms with Crippen molar-refractivity contribution in [2.75, 3.05) is 12.9 Å².